The molecule has 174 valence electrons. The molecule has 0 fully saturated rings. The quantitative estimate of drug-likeness (QED) is 0.225. The third kappa shape index (κ3) is 5.76. The molecule has 0 aliphatic heterocycles. The summed E-state index contributed by atoms with van der Waals surface area (Å²) in [6.07, 6.45) is 8.43. The van der Waals surface area contributed by atoms with Crippen LogP contribution >= 0.6 is 0 Å². The van der Waals surface area contributed by atoms with Crippen LogP contribution in [0, 0.1) is 0 Å². The molecule has 7 nitrogen and oxygen atoms in total. The standard InChI is InChI=1S/C25H33N5O2Si/c1-31-13-11-23(20-8-6-5-7-9-20)30-17-21(16-28-30)24-22-10-12-29(25(22)27-18-26-24)19-32-14-15-33(2,3)4/h5-10,12,16-18,23H,11,13-15,19H2,1-4H3. The summed E-state index contributed by atoms with van der Waals surface area (Å²) in [5.74, 6) is 0. The predicted octanol–water partition coefficient (Wildman–Crippen LogP) is 5.23. The van der Waals surface area contributed by atoms with Crippen LogP contribution in [0.1, 0.15) is 18.0 Å². The number of rotatable bonds is 11. The molecular formula is C25H33N5O2Si. The highest BCUT2D eigenvalue weighted by atomic mass is 28.3. The molecule has 0 radical (unpaired) electrons. The lowest BCUT2D eigenvalue weighted by Crippen LogP contribution is -2.22. The van der Waals surface area contributed by atoms with E-state index in [9.17, 15) is 0 Å². The van der Waals surface area contributed by atoms with Crippen LogP contribution in [0.5, 0.6) is 0 Å². The molecule has 0 bridgehead atoms. The molecular weight excluding hydrogens is 430 g/mol. The molecule has 3 aromatic heterocycles. The van der Waals surface area contributed by atoms with Gasteiger partial charge in [0.25, 0.3) is 0 Å². The second-order valence-electron chi connectivity index (χ2n) is 9.51. The van der Waals surface area contributed by atoms with Crippen LogP contribution in [0.4, 0.5) is 0 Å². The fourth-order valence-corrected chi connectivity index (χ4v) is 4.62. The lowest BCUT2D eigenvalue weighted by atomic mass is 10.0. The summed E-state index contributed by atoms with van der Waals surface area (Å²) in [5, 5.41) is 5.69. The van der Waals surface area contributed by atoms with Crippen molar-refractivity contribution in [2.45, 2.75) is 44.9 Å². The average Bonchev–Trinajstić information content (AvgIpc) is 3.45. The van der Waals surface area contributed by atoms with Gasteiger partial charge in [-0.05, 0) is 24.1 Å². The number of methoxy groups -OCH3 is 1. The van der Waals surface area contributed by atoms with Gasteiger partial charge in [0.05, 0.1) is 17.9 Å². The van der Waals surface area contributed by atoms with E-state index in [2.05, 4.69) is 66.1 Å². The zero-order chi connectivity index (χ0) is 23.3. The summed E-state index contributed by atoms with van der Waals surface area (Å²) in [5.41, 5.74) is 3.93. The normalized spacial score (nSPS) is 13.0. The highest BCUT2D eigenvalue weighted by Crippen LogP contribution is 2.28. The summed E-state index contributed by atoms with van der Waals surface area (Å²) in [7, 11) is 0.626. The van der Waals surface area contributed by atoms with E-state index in [-0.39, 0.29) is 6.04 Å². The molecule has 33 heavy (non-hydrogen) atoms. The van der Waals surface area contributed by atoms with Crippen LogP contribution < -0.4 is 0 Å². The maximum Gasteiger partial charge on any atom is 0.145 e. The maximum atomic E-state index is 5.94. The van der Waals surface area contributed by atoms with Gasteiger partial charge in [-0.15, -0.1) is 0 Å². The van der Waals surface area contributed by atoms with Gasteiger partial charge in [-0.1, -0.05) is 50.0 Å². The first-order valence-electron chi connectivity index (χ1n) is 11.4. The van der Waals surface area contributed by atoms with Crippen LogP contribution in [0.25, 0.3) is 22.3 Å². The molecule has 1 atom stereocenters. The molecule has 1 aromatic carbocycles. The molecule has 3 heterocycles. The van der Waals surface area contributed by atoms with Gasteiger partial charge in [-0.3, -0.25) is 4.68 Å². The molecule has 0 aliphatic carbocycles. The Balaban J connectivity index is 1.56. The first kappa shape index (κ1) is 23.3. The lowest BCUT2D eigenvalue weighted by Gasteiger charge is -2.17. The van der Waals surface area contributed by atoms with Crippen molar-refractivity contribution in [3.8, 4) is 11.3 Å². The van der Waals surface area contributed by atoms with Crippen molar-refractivity contribution >= 4 is 19.1 Å². The molecule has 4 aromatic rings. The summed E-state index contributed by atoms with van der Waals surface area (Å²) < 4.78 is 15.3. The minimum Gasteiger partial charge on any atom is -0.385 e. The van der Waals surface area contributed by atoms with Crippen LogP contribution in [0.2, 0.25) is 25.7 Å². The van der Waals surface area contributed by atoms with Crippen LogP contribution in [0.15, 0.2) is 61.3 Å². The van der Waals surface area contributed by atoms with Gasteiger partial charge in [0.15, 0.2) is 0 Å². The third-order valence-corrected chi connectivity index (χ3v) is 7.46. The van der Waals surface area contributed by atoms with Crippen molar-refractivity contribution in [3.05, 3.63) is 66.9 Å². The highest BCUT2D eigenvalue weighted by Gasteiger charge is 2.18. The van der Waals surface area contributed by atoms with Gasteiger partial charge < -0.3 is 14.0 Å². The minimum atomic E-state index is -1.10. The smallest absolute Gasteiger partial charge is 0.145 e. The van der Waals surface area contributed by atoms with E-state index in [0.717, 1.165) is 41.4 Å². The third-order valence-electron chi connectivity index (χ3n) is 5.76. The van der Waals surface area contributed by atoms with Crippen molar-refractivity contribution in [3.63, 3.8) is 0 Å². The van der Waals surface area contributed by atoms with Crippen LogP contribution in [-0.4, -0.2) is 52.7 Å². The maximum absolute atomic E-state index is 5.94. The Kier molecular flexibility index (Phi) is 7.37. The number of benzene rings is 1. The van der Waals surface area contributed by atoms with Gasteiger partial charge in [-0.2, -0.15) is 5.10 Å². The molecule has 0 amide bonds. The van der Waals surface area contributed by atoms with E-state index < -0.39 is 8.07 Å². The van der Waals surface area contributed by atoms with Gasteiger partial charge >= 0.3 is 0 Å². The van der Waals surface area contributed by atoms with Crippen molar-refractivity contribution < 1.29 is 9.47 Å². The Morgan fingerprint density at radius 3 is 2.61 bits per heavy atom. The lowest BCUT2D eigenvalue weighted by molar-refractivity contribution is 0.0899. The zero-order valence-electron chi connectivity index (χ0n) is 19.9. The first-order valence-corrected chi connectivity index (χ1v) is 15.1. The Morgan fingerprint density at radius 2 is 1.85 bits per heavy atom. The second-order valence-corrected chi connectivity index (χ2v) is 15.1. The van der Waals surface area contributed by atoms with Crippen LogP contribution in [0.3, 0.4) is 0 Å². The van der Waals surface area contributed by atoms with Crippen LogP contribution in [-0.2, 0) is 16.2 Å². The second kappa shape index (κ2) is 10.4. The largest absolute Gasteiger partial charge is 0.385 e. The molecule has 0 spiro atoms. The Bertz CT molecular complexity index is 1170. The number of nitrogens with zero attached hydrogens (tertiary/aromatic N) is 5. The Morgan fingerprint density at radius 1 is 1.03 bits per heavy atom. The molecule has 0 aliphatic rings. The summed E-state index contributed by atoms with van der Waals surface area (Å²) in [6.45, 7) is 9.02. The number of hydrogen-bond donors (Lipinski definition) is 0. The Labute approximate surface area is 196 Å². The van der Waals surface area contributed by atoms with Crippen molar-refractivity contribution in [1.29, 1.82) is 0 Å². The predicted molar refractivity (Wildman–Crippen MR) is 134 cm³/mol. The van der Waals surface area contributed by atoms with E-state index in [1.165, 1.54) is 5.56 Å². The SMILES string of the molecule is COCCC(c1ccccc1)n1cc(-c2ncnc3c2ccn3COCC[Si](C)(C)C)cn1. The van der Waals surface area contributed by atoms with E-state index >= 15 is 0 Å². The van der Waals surface area contributed by atoms with E-state index in [1.807, 2.05) is 27.7 Å². The van der Waals surface area contributed by atoms with E-state index in [1.54, 1.807) is 13.4 Å². The summed E-state index contributed by atoms with van der Waals surface area (Å²) >= 11 is 0. The Hall–Kier alpha value is -2.81. The van der Waals surface area contributed by atoms with E-state index in [0.29, 0.717) is 13.3 Å². The molecule has 0 saturated heterocycles. The fourth-order valence-electron chi connectivity index (χ4n) is 3.87. The van der Waals surface area contributed by atoms with Gasteiger partial charge in [0, 0.05) is 51.7 Å². The van der Waals surface area contributed by atoms with Crippen molar-refractivity contribution in [1.82, 2.24) is 24.3 Å². The number of aromatic nitrogens is 5. The average molecular weight is 464 g/mol. The molecule has 1 unspecified atom stereocenters. The molecule has 4 rings (SSSR count). The molecule has 0 N–H and O–H groups in total. The number of hydrogen-bond acceptors (Lipinski definition) is 5. The summed E-state index contributed by atoms with van der Waals surface area (Å²) in [4.78, 5) is 9.11. The summed E-state index contributed by atoms with van der Waals surface area (Å²) in [6, 6.07) is 13.7. The van der Waals surface area contributed by atoms with Crippen molar-refractivity contribution in [2.75, 3.05) is 20.3 Å². The number of ether oxygens (including phenoxy) is 2. The van der Waals surface area contributed by atoms with E-state index in [4.69, 9.17) is 14.6 Å². The number of fused-ring (bicyclic) bond motifs is 1. The zero-order valence-corrected chi connectivity index (χ0v) is 20.9. The molecule has 8 heteroatoms. The minimum absolute atomic E-state index is 0.0987. The highest BCUT2D eigenvalue weighted by molar-refractivity contribution is 6.76. The van der Waals surface area contributed by atoms with Gasteiger partial charge in [0.1, 0.15) is 18.7 Å². The van der Waals surface area contributed by atoms with Gasteiger partial charge in [-0.25, -0.2) is 9.97 Å². The topological polar surface area (TPSA) is 67.0 Å². The van der Waals surface area contributed by atoms with Gasteiger partial charge in [0.2, 0.25) is 0 Å². The molecule has 0 saturated carbocycles. The monoisotopic (exact) mass is 463 g/mol. The first-order chi connectivity index (χ1) is 16.0. The fraction of sp³-hybridized carbons (Fsp3) is 0.400. The van der Waals surface area contributed by atoms with Crippen molar-refractivity contribution in [2.24, 2.45) is 0 Å².